The van der Waals surface area contributed by atoms with E-state index in [2.05, 4.69) is 27.8 Å². The summed E-state index contributed by atoms with van der Waals surface area (Å²) in [6.45, 7) is 2.60. The van der Waals surface area contributed by atoms with Gasteiger partial charge in [-0.3, -0.25) is 4.99 Å². The van der Waals surface area contributed by atoms with Crippen LogP contribution in [0, 0.1) is 0 Å². The van der Waals surface area contributed by atoms with Gasteiger partial charge in [0.2, 0.25) is 0 Å². The number of ether oxygens (including phenoxy) is 1. The van der Waals surface area contributed by atoms with Crippen LogP contribution in [0.1, 0.15) is 17.7 Å². The molecule has 0 radical (unpaired) electrons. The Morgan fingerprint density at radius 1 is 1.17 bits per heavy atom. The minimum atomic E-state index is 0.503. The largest absolute Gasteiger partial charge is 0.467 e. The van der Waals surface area contributed by atoms with Gasteiger partial charge in [-0.15, -0.1) is 0 Å². The van der Waals surface area contributed by atoms with Crippen molar-refractivity contribution in [3.05, 3.63) is 60.1 Å². The van der Waals surface area contributed by atoms with Crippen molar-refractivity contribution in [3.8, 4) is 0 Å². The Morgan fingerprint density at radius 3 is 2.79 bits per heavy atom. The molecule has 0 spiro atoms. The first-order valence-electron chi connectivity index (χ1n) is 9.78. The zero-order chi connectivity index (χ0) is 20.5. The highest BCUT2D eigenvalue weighted by Gasteiger charge is 2.08. The molecule has 0 aliphatic rings. The number of nitrogens with zero attached hydrogens (tertiary/aromatic N) is 3. The maximum absolute atomic E-state index is 5.60. The fraction of sp³-hybridized carbons (Fsp3) is 0.364. The van der Waals surface area contributed by atoms with Crippen molar-refractivity contribution in [2.45, 2.75) is 19.6 Å². The first kappa shape index (κ1) is 20.7. The molecule has 7 heteroatoms. The van der Waals surface area contributed by atoms with Crippen LogP contribution in [0.3, 0.4) is 0 Å². The van der Waals surface area contributed by atoms with Crippen LogP contribution in [0.5, 0.6) is 0 Å². The van der Waals surface area contributed by atoms with E-state index in [1.807, 2.05) is 49.3 Å². The summed E-state index contributed by atoms with van der Waals surface area (Å²) in [6.07, 6.45) is 2.54. The van der Waals surface area contributed by atoms with Crippen molar-refractivity contribution in [2.24, 2.45) is 4.99 Å². The van der Waals surface area contributed by atoms with Crippen molar-refractivity contribution in [2.75, 3.05) is 39.2 Å². The molecule has 0 saturated carbocycles. The third-order valence-electron chi connectivity index (χ3n) is 4.50. The first-order chi connectivity index (χ1) is 14.2. The molecule has 0 atom stereocenters. The minimum Gasteiger partial charge on any atom is -0.467 e. The van der Waals surface area contributed by atoms with Crippen molar-refractivity contribution in [1.82, 2.24) is 15.6 Å². The molecule has 0 aliphatic heterocycles. The normalized spacial score (nSPS) is 11.6. The van der Waals surface area contributed by atoms with E-state index in [4.69, 9.17) is 14.1 Å². The van der Waals surface area contributed by atoms with E-state index < -0.39 is 0 Å². The first-order valence-corrected chi connectivity index (χ1v) is 9.78. The van der Waals surface area contributed by atoms with Crippen LogP contribution in [-0.2, 0) is 17.9 Å². The maximum atomic E-state index is 5.60. The number of benzene rings is 1. The van der Waals surface area contributed by atoms with Crippen LogP contribution >= 0.6 is 0 Å². The summed E-state index contributed by atoms with van der Waals surface area (Å²) in [5, 5.41) is 7.87. The van der Waals surface area contributed by atoms with E-state index in [0.717, 1.165) is 41.4 Å². The molecule has 2 aromatic heterocycles. The van der Waals surface area contributed by atoms with E-state index in [-0.39, 0.29) is 0 Å². The third-order valence-corrected chi connectivity index (χ3v) is 4.50. The smallest absolute Gasteiger partial charge is 0.191 e. The van der Waals surface area contributed by atoms with Crippen LogP contribution in [0.2, 0.25) is 0 Å². The Bertz CT molecular complexity index is 922. The molecule has 29 heavy (non-hydrogen) atoms. The Kier molecular flexibility index (Phi) is 7.47. The number of para-hydroxylation sites is 1. The fourth-order valence-corrected chi connectivity index (χ4v) is 2.96. The van der Waals surface area contributed by atoms with Gasteiger partial charge < -0.3 is 24.7 Å². The molecule has 0 bridgehead atoms. The minimum absolute atomic E-state index is 0.503. The van der Waals surface area contributed by atoms with Crippen LogP contribution in [0.25, 0.3) is 10.9 Å². The molecule has 7 nitrogen and oxygen atoms in total. The van der Waals surface area contributed by atoms with Crippen LogP contribution in [0.4, 0.5) is 5.82 Å². The van der Waals surface area contributed by atoms with E-state index >= 15 is 0 Å². The van der Waals surface area contributed by atoms with Gasteiger partial charge in [-0.05, 0) is 36.2 Å². The van der Waals surface area contributed by atoms with Gasteiger partial charge in [0.15, 0.2) is 5.96 Å². The van der Waals surface area contributed by atoms with E-state index in [9.17, 15) is 0 Å². The number of hydrogen-bond acceptors (Lipinski definition) is 5. The monoisotopic (exact) mass is 395 g/mol. The molecule has 1 aromatic carbocycles. The van der Waals surface area contributed by atoms with Gasteiger partial charge in [0.1, 0.15) is 18.2 Å². The maximum Gasteiger partial charge on any atom is 0.191 e. The summed E-state index contributed by atoms with van der Waals surface area (Å²) in [5.41, 5.74) is 2.18. The molecular weight excluding hydrogens is 366 g/mol. The van der Waals surface area contributed by atoms with Gasteiger partial charge in [-0.25, -0.2) is 4.98 Å². The highest BCUT2D eigenvalue weighted by atomic mass is 16.5. The summed E-state index contributed by atoms with van der Waals surface area (Å²) < 4.78 is 10.8. The second-order valence-electron chi connectivity index (χ2n) is 6.89. The van der Waals surface area contributed by atoms with E-state index in [1.54, 1.807) is 13.3 Å². The lowest BCUT2D eigenvalue weighted by Crippen LogP contribution is -2.37. The van der Waals surface area contributed by atoms with Crippen LogP contribution < -0.4 is 15.5 Å². The van der Waals surface area contributed by atoms with Crippen molar-refractivity contribution < 1.29 is 9.15 Å². The SMILES string of the molecule is CN=C(NCCCOCc1ccco1)NCc1cc(N(C)C)nc2ccccc12. The summed E-state index contributed by atoms with van der Waals surface area (Å²) in [6, 6.07) is 14.1. The predicted octanol–water partition coefficient (Wildman–Crippen LogP) is 3.17. The summed E-state index contributed by atoms with van der Waals surface area (Å²) in [4.78, 5) is 11.0. The third kappa shape index (κ3) is 5.96. The molecule has 3 rings (SSSR count). The number of anilines is 1. The van der Waals surface area contributed by atoms with Crippen molar-refractivity contribution in [1.29, 1.82) is 0 Å². The highest BCUT2D eigenvalue weighted by Crippen LogP contribution is 2.21. The van der Waals surface area contributed by atoms with Crippen molar-refractivity contribution in [3.63, 3.8) is 0 Å². The van der Waals surface area contributed by atoms with Gasteiger partial charge in [0.25, 0.3) is 0 Å². The zero-order valence-electron chi connectivity index (χ0n) is 17.3. The molecule has 0 fully saturated rings. The van der Waals surface area contributed by atoms with Gasteiger partial charge >= 0.3 is 0 Å². The number of furan rings is 1. The lowest BCUT2D eigenvalue weighted by molar-refractivity contribution is 0.105. The van der Waals surface area contributed by atoms with E-state index in [0.29, 0.717) is 19.8 Å². The number of hydrogen-bond donors (Lipinski definition) is 2. The number of guanidine groups is 1. The number of aliphatic imine (C=N–C) groups is 1. The van der Waals surface area contributed by atoms with Crippen LogP contribution in [-0.4, -0.2) is 45.2 Å². The van der Waals surface area contributed by atoms with Gasteiger partial charge in [0.05, 0.1) is 11.8 Å². The molecule has 154 valence electrons. The molecule has 0 aliphatic carbocycles. The van der Waals surface area contributed by atoms with Crippen molar-refractivity contribution >= 4 is 22.7 Å². The second kappa shape index (κ2) is 10.5. The van der Waals surface area contributed by atoms with Gasteiger partial charge in [-0.1, -0.05) is 18.2 Å². The molecular formula is C22H29N5O2. The lowest BCUT2D eigenvalue weighted by Gasteiger charge is -2.17. The molecule has 0 saturated heterocycles. The Morgan fingerprint density at radius 2 is 2.03 bits per heavy atom. The predicted molar refractivity (Wildman–Crippen MR) is 117 cm³/mol. The molecule has 3 aromatic rings. The summed E-state index contributed by atoms with van der Waals surface area (Å²) >= 11 is 0. The zero-order valence-corrected chi connectivity index (χ0v) is 17.3. The molecule has 2 N–H and O–H groups in total. The standard InChI is InChI=1S/C22H29N5O2/c1-23-22(24-11-7-12-28-16-18-8-6-13-29-18)25-15-17-14-21(27(2)3)26-20-10-5-4-9-19(17)20/h4-6,8-10,13-14H,7,11-12,15-16H2,1-3H3,(H2,23,24,25). The average molecular weight is 396 g/mol. The number of aromatic nitrogens is 1. The quantitative estimate of drug-likeness (QED) is 0.329. The summed E-state index contributed by atoms with van der Waals surface area (Å²) in [7, 11) is 5.78. The Balaban J connectivity index is 1.49. The fourth-order valence-electron chi connectivity index (χ4n) is 2.96. The van der Waals surface area contributed by atoms with Crippen LogP contribution in [0.15, 0.2) is 58.1 Å². The van der Waals surface area contributed by atoms with Gasteiger partial charge in [0, 0.05) is 46.2 Å². The number of rotatable bonds is 9. The number of nitrogens with one attached hydrogen (secondary N) is 2. The Labute approximate surface area is 171 Å². The molecule has 0 unspecified atom stereocenters. The highest BCUT2D eigenvalue weighted by molar-refractivity contribution is 5.85. The number of fused-ring (bicyclic) bond motifs is 1. The summed E-state index contributed by atoms with van der Waals surface area (Å²) in [5.74, 6) is 2.55. The topological polar surface area (TPSA) is 74.9 Å². The van der Waals surface area contributed by atoms with E-state index in [1.165, 1.54) is 5.56 Å². The lowest BCUT2D eigenvalue weighted by atomic mass is 10.1. The molecule has 0 amide bonds. The number of pyridine rings is 1. The average Bonchev–Trinajstić information content (AvgIpc) is 3.25. The second-order valence-corrected chi connectivity index (χ2v) is 6.89. The molecule has 2 heterocycles. The Hall–Kier alpha value is -3.06. The van der Waals surface area contributed by atoms with Gasteiger partial charge in [-0.2, -0.15) is 0 Å².